The van der Waals surface area contributed by atoms with Gasteiger partial charge in [0.1, 0.15) is 5.75 Å². The summed E-state index contributed by atoms with van der Waals surface area (Å²) in [5.74, 6) is 0.545. The van der Waals surface area contributed by atoms with Crippen LogP contribution in [0.15, 0.2) is 18.2 Å². The van der Waals surface area contributed by atoms with E-state index in [4.69, 9.17) is 0 Å². The van der Waals surface area contributed by atoms with Gasteiger partial charge in [-0.3, -0.25) is 4.79 Å². The summed E-state index contributed by atoms with van der Waals surface area (Å²) in [5, 5.41) is 21.7. The van der Waals surface area contributed by atoms with Gasteiger partial charge in [0, 0.05) is 12.1 Å². The Kier molecular flexibility index (Phi) is 4.43. The summed E-state index contributed by atoms with van der Waals surface area (Å²) in [6, 6.07) is 4.76. The Balaban J connectivity index is 1.87. The molecule has 0 aromatic heterocycles. The van der Waals surface area contributed by atoms with Crippen molar-refractivity contribution in [3.63, 3.8) is 0 Å². The molecule has 1 saturated carbocycles. The van der Waals surface area contributed by atoms with Crippen LogP contribution in [0.3, 0.4) is 0 Å². The summed E-state index contributed by atoms with van der Waals surface area (Å²) in [6.45, 7) is 2.47. The van der Waals surface area contributed by atoms with Crippen molar-refractivity contribution in [2.24, 2.45) is 5.92 Å². The van der Waals surface area contributed by atoms with Crippen molar-refractivity contribution in [1.29, 1.82) is 0 Å². The number of hydrogen-bond donors (Lipinski definition) is 3. The molecule has 2 rings (SSSR count). The van der Waals surface area contributed by atoms with E-state index in [0.29, 0.717) is 18.0 Å². The Morgan fingerprint density at radius 2 is 2.00 bits per heavy atom. The zero-order valence-electron chi connectivity index (χ0n) is 11.2. The van der Waals surface area contributed by atoms with Gasteiger partial charge in [-0.05, 0) is 62.3 Å². The second kappa shape index (κ2) is 6.06. The van der Waals surface area contributed by atoms with Crippen LogP contribution in [-0.2, 0) is 0 Å². The van der Waals surface area contributed by atoms with E-state index >= 15 is 0 Å². The molecule has 0 heterocycles. The van der Waals surface area contributed by atoms with Crippen LogP contribution < -0.4 is 5.32 Å². The van der Waals surface area contributed by atoms with Gasteiger partial charge in [0.15, 0.2) is 0 Å². The molecule has 0 unspecified atom stereocenters. The van der Waals surface area contributed by atoms with Gasteiger partial charge < -0.3 is 15.5 Å². The summed E-state index contributed by atoms with van der Waals surface area (Å²) < 4.78 is 0. The van der Waals surface area contributed by atoms with Crippen molar-refractivity contribution >= 4 is 5.91 Å². The normalized spacial score (nSPS) is 23.1. The first kappa shape index (κ1) is 13.9. The standard InChI is InChI=1S/C15H21NO3/c1-10-8-13(18)6-7-14(10)15(19)16-9-11-2-4-12(17)5-3-11/h6-8,11-12,17-18H,2-5,9H2,1H3,(H,16,19). The molecule has 1 aromatic rings. The largest absolute Gasteiger partial charge is 0.508 e. The maximum atomic E-state index is 12.0. The Morgan fingerprint density at radius 1 is 1.32 bits per heavy atom. The van der Waals surface area contributed by atoms with Crippen LogP contribution in [0.25, 0.3) is 0 Å². The van der Waals surface area contributed by atoms with Crippen LogP contribution in [0.1, 0.15) is 41.6 Å². The van der Waals surface area contributed by atoms with Gasteiger partial charge in [-0.15, -0.1) is 0 Å². The smallest absolute Gasteiger partial charge is 0.251 e. The fraction of sp³-hybridized carbons (Fsp3) is 0.533. The van der Waals surface area contributed by atoms with Gasteiger partial charge >= 0.3 is 0 Å². The van der Waals surface area contributed by atoms with E-state index in [0.717, 1.165) is 31.2 Å². The average molecular weight is 263 g/mol. The molecule has 104 valence electrons. The Labute approximate surface area is 113 Å². The number of aliphatic hydroxyl groups is 1. The van der Waals surface area contributed by atoms with E-state index in [1.807, 2.05) is 6.92 Å². The van der Waals surface area contributed by atoms with Crippen molar-refractivity contribution in [3.8, 4) is 5.75 Å². The maximum Gasteiger partial charge on any atom is 0.251 e. The number of amides is 1. The Bertz CT molecular complexity index is 451. The zero-order valence-corrected chi connectivity index (χ0v) is 11.2. The van der Waals surface area contributed by atoms with E-state index in [-0.39, 0.29) is 17.8 Å². The summed E-state index contributed by atoms with van der Waals surface area (Å²) in [6.07, 6.45) is 3.44. The highest BCUT2D eigenvalue weighted by Crippen LogP contribution is 2.23. The molecule has 4 nitrogen and oxygen atoms in total. The van der Waals surface area contributed by atoms with Gasteiger partial charge in [0.25, 0.3) is 5.91 Å². The number of nitrogens with one attached hydrogen (secondary N) is 1. The van der Waals surface area contributed by atoms with Crippen molar-refractivity contribution in [2.75, 3.05) is 6.54 Å². The van der Waals surface area contributed by atoms with Crippen LogP contribution in [0, 0.1) is 12.8 Å². The first-order valence-corrected chi connectivity index (χ1v) is 6.82. The van der Waals surface area contributed by atoms with Gasteiger partial charge in [-0.1, -0.05) is 0 Å². The summed E-state index contributed by atoms with van der Waals surface area (Å²) in [4.78, 5) is 12.0. The van der Waals surface area contributed by atoms with Crippen LogP contribution in [0.2, 0.25) is 0 Å². The molecule has 1 amide bonds. The van der Waals surface area contributed by atoms with Crippen LogP contribution in [0.4, 0.5) is 0 Å². The number of aryl methyl sites for hydroxylation is 1. The summed E-state index contributed by atoms with van der Waals surface area (Å²) >= 11 is 0. The lowest BCUT2D eigenvalue weighted by molar-refractivity contribution is 0.0910. The molecule has 0 saturated heterocycles. The van der Waals surface area contributed by atoms with E-state index in [2.05, 4.69) is 5.32 Å². The molecular formula is C15H21NO3. The second-order valence-corrected chi connectivity index (χ2v) is 5.38. The lowest BCUT2D eigenvalue weighted by Gasteiger charge is -2.25. The molecule has 0 aliphatic heterocycles. The summed E-state index contributed by atoms with van der Waals surface area (Å²) in [5.41, 5.74) is 1.38. The maximum absolute atomic E-state index is 12.0. The molecule has 4 heteroatoms. The molecule has 1 fully saturated rings. The average Bonchev–Trinajstić information content (AvgIpc) is 2.37. The molecule has 0 radical (unpaired) electrons. The molecule has 0 spiro atoms. The first-order valence-electron chi connectivity index (χ1n) is 6.82. The number of benzene rings is 1. The third-order valence-electron chi connectivity index (χ3n) is 3.82. The van der Waals surface area contributed by atoms with Gasteiger partial charge in [0.2, 0.25) is 0 Å². The van der Waals surface area contributed by atoms with Gasteiger partial charge in [-0.25, -0.2) is 0 Å². The van der Waals surface area contributed by atoms with Crippen LogP contribution in [-0.4, -0.2) is 28.8 Å². The zero-order chi connectivity index (χ0) is 13.8. The minimum Gasteiger partial charge on any atom is -0.508 e. The Morgan fingerprint density at radius 3 is 2.63 bits per heavy atom. The summed E-state index contributed by atoms with van der Waals surface area (Å²) in [7, 11) is 0. The third kappa shape index (κ3) is 3.70. The molecular weight excluding hydrogens is 242 g/mol. The van der Waals surface area contributed by atoms with E-state index in [9.17, 15) is 15.0 Å². The SMILES string of the molecule is Cc1cc(O)ccc1C(=O)NCC1CCC(O)CC1. The van der Waals surface area contributed by atoms with E-state index in [1.54, 1.807) is 12.1 Å². The monoisotopic (exact) mass is 263 g/mol. The number of carbonyl (C=O) groups excluding carboxylic acids is 1. The number of hydrogen-bond acceptors (Lipinski definition) is 3. The van der Waals surface area contributed by atoms with Gasteiger partial charge in [0.05, 0.1) is 6.10 Å². The molecule has 3 N–H and O–H groups in total. The predicted octanol–water partition coefficient (Wildman–Crippen LogP) is 1.98. The van der Waals surface area contributed by atoms with Crippen molar-refractivity contribution in [3.05, 3.63) is 29.3 Å². The second-order valence-electron chi connectivity index (χ2n) is 5.38. The highest BCUT2D eigenvalue weighted by molar-refractivity contribution is 5.95. The van der Waals surface area contributed by atoms with Crippen LogP contribution in [0.5, 0.6) is 5.75 Å². The lowest BCUT2D eigenvalue weighted by atomic mass is 9.87. The number of aliphatic hydroxyl groups excluding tert-OH is 1. The number of aromatic hydroxyl groups is 1. The first-order chi connectivity index (χ1) is 9.06. The molecule has 0 bridgehead atoms. The fourth-order valence-corrected chi connectivity index (χ4v) is 2.58. The minimum atomic E-state index is -0.161. The van der Waals surface area contributed by atoms with Crippen molar-refractivity contribution in [2.45, 2.75) is 38.7 Å². The van der Waals surface area contributed by atoms with Crippen molar-refractivity contribution in [1.82, 2.24) is 5.32 Å². The number of phenolic OH excluding ortho intramolecular Hbond substituents is 1. The number of carbonyl (C=O) groups is 1. The highest BCUT2D eigenvalue weighted by atomic mass is 16.3. The quantitative estimate of drug-likeness (QED) is 0.781. The molecule has 1 aliphatic rings. The lowest BCUT2D eigenvalue weighted by Crippen LogP contribution is -2.32. The topological polar surface area (TPSA) is 69.6 Å². The Hall–Kier alpha value is -1.55. The molecule has 1 aliphatic carbocycles. The predicted molar refractivity (Wildman–Crippen MR) is 73.1 cm³/mol. The highest BCUT2D eigenvalue weighted by Gasteiger charge is 2.20. The van der Waals surface area contributed by atoms with E-state index in [1.165, 1.54) is 6.07 Å². The fourth-order valence-electron chi connectivity index (χ4n) is 2.58. The van der Waals surface area contributed by atoms with Crippen molar-refractivity contribution < 1.29 is 15.0 Å². The minimum absolute atomic E-state index is 0.0939. The third-order valence-corrected chi connectivity index (χ3v) is 3.82. The molecule has 1 aromatic carbocycles. The molecule has 0 atom stereocenters. The molecule has 19 heavy (non-hydrogen) atoms. The van der Waals surface area contributed by atoms with E-state index < -0.39 is 0 Å². The number of rotatable bonds is 3. The van der Waals surface area contributed by atoms with Crippen LogP contribution >= 0.6 is 0 Å². The number of phenols is 1. The van der Waals surface area contributed by atoms with Gasteiger partial charge in [-0.2, -0.15) is 0 Å².